The minimum Gasteiger partial charge on any atom is -0.497 e. The van der Waals surface area contributed by atoms with Crippen LogP contribution >= 0.6 is 23.2 Å². The Hall–Kier alpha value is -2.49. The second-order valence-electron chi connectivity index (χ2n) is 8.33. The number of halogens is 2. The van der Waals surface area contributed by atoms with E-state index in [0.717, 1.165) is 12.7 Å². The number of amides is 2. The van der Waals surface area contributed by atoms with Crippen LogP contribution in [0.4, 0.5) is 5.69 Å². The summed E-state index contributed by atoms with van der Waals surface area (Å²) in [7, 11) is -2.11. The normalized spacial score (nSPS) is 12.1. The van der Waals surface area contributed by atoms with Gasteiger partial charge in [-0.05, 0) is 44.0 Å². The number of nitrogens with one attached hydrogen (secondary N) is 1. The van der Waals surface area contributed by atoms with Crippen LogP contribution in [0, 0.1) is 0 Å². The quantitative estimate of drug-likeness (QED) is 0.391. The fourth-order valence-corrected chi connectivity index (χ4v) is 5.08. The molecule has 0 aliphatic heterocycles. The molecule has 0 saturated carbocycles. The fourth-order valence-electron chi connectivity index (χ4n) is 3.60. The number of sulfonamides is 1. The fraction of sp³-hybridized carbons (Fsp3) is 0.440. The molecule has 0 heterocycles. The first-order valence-corrected chi connectivity index (χ1v) is 14.2. The molecule has 0 spiro atoms. The molecule has 11 heteroatoms. The summed E-state index contributed by atoms with van der Waals surface area (Å²) in [5.74, 6) is -0.0846. The average Bonchev–Trinajstić information content (AvgIpc) is 2.83. The minimum atomic E-state index is -3.61. The van der Waals surface area contributed by atoms with Gasteiger partial charge < -0.3 is 15.0 Å². The number of nitrogens with zero attached hydrogens (tertiary/aromatic N) is 2. The van der Waals surface area contributed by atoms with E-state index in [0.29, 0.717) is 33.6 Å². The number of ether oxygens (including phenoxy) is 1. The topological polar surface area (TPSA) is 96.0 Å². The van der Waals surface area contributed by atoms with Gasteiger partial charge in [-0.2, -0.15) is 0 Å². The van der Waals surface area contributed by atoms with Crippen LogP contribution in [0.25, 0.3) is 0 Å². The van der Waals surface area contributed by atoms with Gasteiger partial charge in [0.15, 0.2) is 0 Å². The third-order valence-electron chi connectivity index (χ3n) is 5.60. The highest BCUT2D eigenvalue weighted by atomic mass is 35.5. The van der Waals surface area contributed by atoms with Crippen molar-refractivity contribution in [1.29, 1.82) is 0 Å². The summed E-state index contributed by atoms with van der Waals surface area (Å²) in [5.41, 5.74) is 0.981. The molecule has 0 radical (unpaired) electrons. The summed E-state index contributed by atoms with van der Waals surface area (Å²) in [6, 6.07) is 11.0. The van der Waals surface area contributed by atoms with Crippen LogP contribution in [-0.4, -0.2) is 57.6 Å². The molecule has 0 aliphatic carbocycles. The molecular weight excluding hydrogens is 525 g/mol. The van der Waals surface area contributed by atoms with E-state index < -0.39 is 16.1 Å². The van der Waals surface area contributed by atoms with Crippen molar-refractivity contribution in [1.82, 2.24) is 10.2 Å². The Labute approximate surface area is 223 Å². The number of rotatable bonds is 13. The first-order chi connectivity index (χ1) is 17.0. The Bertz CT molecular complexity index is 1140. The van der Waals surface area contributed by atoms with Crippen LogP contribution in [0.5, 0.6) is 5.75 Å². The number of carbonyl (C=O) groups is 2. The molecule has 36 heavy (non-hydrogen) atoms. The largest absolute Gasteiger partial charge is 0.497 e. The molecule has 2 aromatic rings. The highest BCUT2D eigenvalue weighted by Gasteiger charge is 2.27. The Morgan fingerprint density at radius 1 is 1.11 bits per heavy atom. The standard InChI is InChI=1S/C25H33Cl2N3O5S/c1-5-14-28-25(32)18(2)29(17-21-22(26)11-7-12-23(21)27)24(31)13-8-15-30(36(4,33)34)19-9-6-10-20(16-19)35-3/h6-7,9-12,16,18H,5,8,13-15,17H2,1-4H3,(H,28,32)/t18-/m1/s1. The van der Waals surface area contributed by atoms with Gasteiger partial charge in [-0.3, -0.25) is 13.9 Å². The summed E-state index contributed by atoms with van der Waals surface area (Å²) in [6.07, 6.45) is 2.12. The second kappa shape index (κ2) is 13.7. The monoisotopic (exact) mass is 557 g/mol. The van der Waals surface area contributed by atoms with Crippen LogP contribution in [0.3, 0.4) is 0 Å². The summed E-state index contributed by atoms with van der Waals surface area (Å²) in [4.78, 5) is 27.5. The van der Waals surface area contributed by atoms with E-state index in [4.69, 9.17) is 27.9 Å². The summed E-state index contributed by atoms with van der Waals surface area (Å²) in [6.45, 7) is 4.19. The van der Waals surface area contributed by atoms with E-state index in [9.17, 15) is 18.0 Å². The van der Waals surface area contributed by atoms with Crippen molar-refractivity contribution in [2.75, 3.05) is 30.8 Å². The van der Waals surface area contributed by atoms with Gasteiger partial charge in [0, 0.05) is 47.7 Å². The molecule has 0 bridgehead atoms. The first kappa shape index (κ1) is 29.7. The van der Waals surface area contributed by atoms with Crippen molar-refractivity contribution in [3.05, 3.63) is 58.1 Å². The van der Waals surface area contributed by atoms with Gasteiger partial charge in [-0.1, -0.05) is 42.3 Å². The molecule has 1 atom stereocenters. The predicted molar refractivity (Wildman–Crippen MR) is 144 cm³/mol. The van der Waals surface area contributed by atoms with E-state index >= 15 is 0 Å². The van der Waals surface area contributed by atoms with Crippen molar-refractivity contribution >= 4 is 50.7 Å². The molecule has 2 rings (SSSR count). The smallest absolute Gasteiger partial charge is 0.242 e. The number of hydrogen-bond donors (Lipinski definition) is 1. The van der Waals surface area contributed by atoms with Crippen molar-refractivity contribution in [2.24, 2.45) is 0 Å². The average molecular weight is 559 g/mol. The number of methoxy groups -OCH3 is 1. The number of benzene rings is 2. The predicted octanol–water partition coefficient (Wildman–Crippen LogP) is 4.49. The van der Waals surface area contributed by atoms with E-state index in [2.05, 4.69) is 5.32 Å². The third kappa shape index (κ3) is 8.28. The second-order valence-corrected chi connectivity index (χ2v) is 11.1. The summed E-state index contributed by atoms with van der Waals surface area (Å²) < 4.78 is 31.4. The molecule has 2 amide bonds. The van der Waals surface area contributed by atoms with Crippen molar-refractivity contribution in [2.45, 2.75) is 45.7 Å². The maximum absolute atomic E-state index is 13.3. The van der Waals surface area contributed by atoms with Crippen molar-refractivity contribution in [3.63, 3.8) is 0 Å². The van der Waals surface area contributed by atoms with Gasteiger partial charge in [0.25, 0.3) is 0 Å². The van der Waals surface area contributed by atoms with Gasteiger partial charge in [-0.25, -0.2) is 8.42 Å². The maximum atomic E-state index is 13.3. The Balaban J connectivity index is 2.22. The van der Waals surface area contributed by atoms with Crippen LogP contribution < -0.4 is 14.4 Å². The van der Waals surface area contributed by atoms with Gasteiger partial charge in [0.1, 0.15) is 11.8 Å². The van der Waals surface area contributed by atoms with Crippen LogP contribution in [0.15, 0.2) is 42.5 Å². The minimum absolute atomic E-state index is 0.0173. The van der Waals surface area contributed by atoms with E-state index in [1.807, 2.05) is 6.92 Å². The lowest BCUT2D eigenvalue weighted by molar-refractivity contribution is -0.140. The zero-order valence-corrected chi connectivity index (χ0v) is 23.3. The van der Waals surface area contributed by atoms with E-state index in [1.165, 1.54) is 16.3 Å². The molecule has 0 unspecified atom stereocenters. The van der Waals surface area contributed by atoms with E-state index in [-0.39, 0.29) is 37.7 Å². The maximum Gasteiger partial charge on any atom is 0.242 e. The Morgan fingerprint density at radius 2 is 1.75 bits per heavy atom. The lowest BCUT2D eigenvalue weighted by Gasteiger charge is -2.30. The zero-order valence-electron chi connectivity index (χ0n) is 21.0. The number of hydrogen-bond acceptors (Lipinski definition) is 5. The molecule has 0 aromatic heterocycles. The summed E-state index contributed by atoms with van der Waals surface area (Å²) in [5, 5.41) is 3.59. The zero-order chi connectivity index (χ0) is 26.9. The van der Waals surface area contributed by atoms with Crippen molar-refractivity contribution in [3.8, 4) is 5.75 Å². The Kier molecular flexibility index (Phi) is 11.3. The van der Waals surface area contributed by atoms with Crippen LogP contribution in [0.1, 0.15) is 38.7 Å². The summed E-state index contributed by atoms with van der Waals surface area (Å²) >= 11 is 12.7. The third-order valence-corrected chi connectivity index (χ3v) is 7.50. The lowest BCUT2D eigenvalue weighted by atomic mass is 10.1. The van der Waals surface area contributed by atoms with E-state index in [1.54, 1.807) is 49.4 Å². The highest BCUT2D eigenvalue weighted by Crippen LogP contribution is 2.27. The van der Waals surface area contributed by atoms with Gasteiger partial charge in [-0.15, -0.1) is 0 Å². The molecule has 8 nitrogen and oxygen atoms in total. The van der Waals surface area contributed by atoms with Gasteiger partial charge in [0.05, 0.1) is 19.1 Å². The molecule has 0 fully saturated rings. The molecular formula is C25H33Cl2N3O5S. The SMILES string of the molecule is CCCNC(=O)[C@@H](C)N(Cc1c(Cl)cccc1Cl)C(=O)CCCN(c1cccc(OC)c1)S(C)(=O)=O. The van der Waals surface area contributed by atoms with Crippen molar-refractivity contribution < 1.29 is 22.7 Å². The molecule has 0 saturated heterocycles. The lowest BCUT2D eigenvalue weighted by Crippen LogP contribution is -2.48. The van der Waals surface area contributed by atoms with Gasteiger partial charge >= 0.3 is 0 Å². The highest BCUT2D eigenvalue weighted by molar-refractivity contribution is 7.92. The Morgan fingerprint density at radius 3 is 2.33 bits per heavy atom. The first-order valence-electron chi connectivity index (χ1n) is 11.6. The molecule has 2 aromatic carbocycles. The number of carbonyl (C=O) groups excluding carboxylic acids is 2. The molecule has 1 N–H and O–H groups in total. The molecule has 198 valence electrons. The van der Waals surface area contributed by atoms with Gasteiger partial charge in [0.2, 0.25) is 21.8 Å². The molecule has 0 aliphatic rings. The van der Waals surface area contributed by atoms with Crippen LogP contribution in [-0.2, 0) is 26.2 Å². The van der Waals surface area contributed by atoms with Crippen LogP contribution in [0.2, 0.25) is 10.0 Å². The number of anilines is 1.